The van der Waals surface area contributed by atoms with Crippen LogP contribution >= 0.6 is 0 Å². The highest BCUT2D eigenvalue weighted by atomic mass is 16.1. The number of Topliss-reactive ketones (excluding diaryl/α,β-unsaturated/α-hetero) is 1. The molecular formula is C25H45NO2. The van der Waals surface area contributed by atoms with E-state index in [1.54, 1.807) is 0 Å². The van der Waals surface area contributed by atoms with Crippen molar-refractivity contribution < 1.29 is 9.59 Å². The summed E-state index contributed by atoms with van der Waals surface area (Å²) in [7, 11) is 0. The second-order valence-electron chi connectivity index (χ2n) is 9.91. The molecule has 3 heteroatoms. The molecular weight excluding hydrogens is 346 g/mol. The first kappa shape index (κ1) is 23.4. The number of carbonyl (C=O) groups excluding carboxylic acids is 2. The lowest BCUT2D eigenvalue weighted by Crippen LogP contribution is -2.63. The maximum atomic E-state index is 12.2. The Morgan fingerprint density at radius 2 is 1.57 bits per heavy atom. The zero-order chi connectivity index (χ0) is 21.3. The fraction of sp³-hybridized carbons (Fsp3) is 0.920. The van der Waals surface area contributed by atoms with Gasteiger partial charge in [0.05, 0.1) is 0 Å². The van der Waals surface area contributed by atoms with E-state index >= 15 is 0 Å². The van der Waals surface area contributed by atoms with Gasteiger partial charge in [0.1, 0.15) is 5.78 Å². The van der Waals surface area contributed by atoms with Gasteiger partial charge < -0.3 is 5.32 Å². The van der Waals surface area contributed by atoms with E-state index in [0.29, 0.717) is 30.1 Å². The number of hydrogen-bond acceptors (Lipinski definition) is 2. The Hall–Kier alpha value is -0.860. The number of piperidine rings is 1. The van der Waals surface area contributed by atoms with Crippen molar-refractivity contribution in [3.63, 3.8) is 0 Å². The largest absolute Gasteiger partial charge is 0.353 e. The molecule has 1 N–H and O–H groups in total. The van der Waals surface area contributed by atoms with Crippen molar-refractivity contribution >= 4 is 11.7 Å². The molecule has 1 aliphatic heterocycles. The smallest absolute Gasteiger partial charge is 0.220 e. The van der Waals surface area contributed by atoms with Gasteiger partial charge >= 0.3 is 0 Å². The van der Waals surface area contributed by atoms with Gasteiger partial charge in [0.2, 0.25) is 5.91 Å². The highest BCUT2D eigenvalue weighted by molar-refractivity contribution is 5.79. The molecule has 3 saturated carbocycles. The van der Waals surface area contributed by atoms with Crippen LogP contribution < -0.4 is 5.32 Å². The fourth-order valence-corrected chi connectivity index (χ4v) is 7.71. The van der Waals surface area contributed by atoms with Crippen LogP contribution in [0, 0.1) is 40.4 Å². The molecule has 3 nitrogen and oxygen atoms in total. The van der Waals surface area contributed by atoms with Gasteiger partial charge in [0, 0.05) is 18.4 Å². The number of nitrogens with one attached hydrogen (secondary N) is 1. The lowest BCUT2D eigenvalue weighted by molar-refractivity contribution is -0.146. The summed E-state index contributed by atoms with van der Waals surface area (Å²) in [5, 5.41) is 3.33. The molecule has 1 heterocycles. The second-order valence-corrected chi connectivity index (χ2v) is 9.91. The van der Waals surface area contributed by atoms with Crippen molar-refractivity contribution in [3.8, 4) is 0 Å². The number of ketones is 1. The highest BCUT2D eigenvalue weighted by Crippen LogP contribution is 2.66. The van der Waals surface area contributed by atoms with E-state index in [-0.39, 0.29) is 22.7 Å². The van der Waals surface area contributed by atoms with Crippen molar-refractivity contribution in [1.29, 1.82) is 0 Å². The monoisotopic (exact) mass is 391 g/mol. The quantitative estimate of drug-likeness (QED) is 0.595. The molecule has 162 valence electrons. The van der Waals surface area contributed by atoms with Gasteiger partial charge in [-0.25, -0.2) is 0 Å². The Bertz CT molecular complexity index is 573. The second kappa shape index (κ2) is 8.88. The average molecular weight is 392 g/mol. The van der Waals surface area contributed by atoms with E-state index in [0.717, 1.165) is 31.1 Å². The van der Waals surface area contributed by atoms with Crippen LogP contribution in [0.2, 0.25) is 0 Å². The molecule has 8 atom stereocenters. The van der Waals surface area contributed by atoms with E-state index < -0.39 is 0 Å². The minimum Gasteiger partial charge on any atom is -0.353 e. The van der Waals surface area contributed by atoms with Gasteiger partial charge in [-0.05, 0) is 80.0 Å². The van der Waals surface area contributed by atoms with E-state index in [4.69, 9.17) is 0 Å². The van der Waals surface area contributed by atoms with E-state index in [2.05, 4.69) is 26.1 Å². The van der Waals surface area contributed by atoms with E-state index in [1.807, 2.05) is 34.6 Å². The van der Waals surface area contributed by atoms with Gasteiger partial charge in [0.25, 0.3) is 0 Å². The molecule has 3 aliphatic carbocycles. The van der Waals surface area contributed by atoms with Gasteiger partial charge in [-0.15, -0.1) is 0 Å². The van der Waals surface area contributed by atoms with Crippen molar-refractivity contribution in [1.82, 2.24) is 5.32 Å². The zero-order valence-electron chi connectivity index (χ0n) is 19.7. The third-order valence-electron chi connectivity index (χ3n) is 8.96. The lowest BCUT2D eigenvalue weighted by atomic mass is 9.45. The van der Waals surface area contributed by atoms with E-state index in [1.165, 1.54) is 19.3 Å². The molecule has 1 amide bonds. The summed E-state index contributed by atoms with van der Waals surface area (Å²) < 4.78 is 0. The standard InChI is InChI=1S/C21H33NO2.2C2H6/c1-12-11-17-21(4,10-8-18(24)22-17)16-7-9-20(3)14(13(2)23)5-6-15(20)19(12)16;2*1-2/h12,14-17,19H,5-11H2,1-4H3,(H,22,24);2*1-2H3. The summed E-state index contributed by atoms with van der Waals surface area (Å²) in [4.78, 5) is 24.2. The Kier molecular flexibility index (Phi) is 7.42. The first-order chi connectivity index (χ1) is 13.3. The third-order valence-corrected chi connectivity index (χ3v) is 8.96. The first-order valence-corrected chi connectivity index (χ1v) is 12.1. The molecule has 0 aromatic heterocycles. The molecule has 1 saturated heterocycles. The summed E-state index contributed by atoms with van der Waals surface area (Å²) in [5.74, 6) is 3.77. The van der Waals surface area contributed by atoms with Crippen LogP contribution in [0.5, 0.6) is 0 Å². The van der Waals surface area contributed by atoms with Crippen molar-refractivity contribution in [2.24, 2.45) is 40.4 Å². The molecule has 0 bridgehead atoms. The molecule has 0 radical (unpaired) electrons. The summed E-state index contributed by atoms with van der Waals surface area (Å²) in [6.07, 6.45) is 7.66. The number of carbonyl (C=O) groups is 2. The molecule has 0 aromatic carbocycles. The summed E-state index contributed by atoms with van der Waals surface area (Å²) in [6, 6.07) is 0.365. The van der Waals surface area contributed by atoms with Gasteiger partial charge in [-0.3, -0.25) is 9.59 Å². The van der Waals surface area contributed by atoms with Gasteiger partial charge in [-0.2, -0.15) is 0 Å². The fourth-order valence-electron chi connectivity index (χ4n) is 7.71. The summed E-state index contributed by atoms with van der Waals surface area (Å²) >= 11 is 0. The average Bonchev–Trinajstić information content (AvgIpc) is 3.04. The van der Waals surface area contributed by atoms with Crippen LogP contribution in [0.25, 0.3) is 0 Å². The van der Waals surface area contributed by atoms with Crippen molar-refractivity contribution in [3.05, 3.63) is 0 Å². The van der Waals surface area contributed by atoms with Crippen LogP contribution in [0.4, 0.5) is 0 Å². The SMILES string of the molecule is CC.CC.CC(=O)C1CCC2C3C(C)CC4NC(=O)CCC4(C)C3CCC12C. The lowest BCUT2D eigenvalue weighted by Gasteiger charge is -2.62. The third kappa shape index (κ3) is 3.56. The highest BCUT2D eigenvalue weighted by Gasteiger charge is 2.62. The normalized spacial score (nSPS) is 46.4. The minimum absolute atomic E-state index is 0.225. The minimum atomic E-state index is 0.225. The van der Waals surface area contributed by atoms with Crippen LogP contribution in [0.15, 0.2) is 0 Å². The number of hydrogen-bond donors (Lipinski definition) is 1. The maximum Gasteiger partial charge on any atom is 0.220 e. The maximum absolute atomic E-state index is 12.2. The van der Waals surface area contributed by atoms with Crippen molar-refractivity contribution in [2.45, 2.75) is 106 Å². The van der Waals surface area contributed by atoms with Crippen LogP contribution in [0.3, 0.4) is 0 Å². The Labute approximate surface area is 173 Å². The first-order valence-electron chi connectivity index (χ1n) is 12.1. The summed E-state index contributed by atoms with van der Waals surface area (Å²) in [5.41, 5.74) is 0.489. The molecule has 0 spiro atoms. The molecule has 4 rings (SSSR count). The number of amides is 1. The Morgan fingerprint density at radius 3 is 2.18 bits per heavy atom. The number of rotatable bonds is 1. The Balaban J connectivity index is 0.000000660. The zero-order valence-corrected chi connectivity index (χ0v) is 19.7. The van der Waals surface area contributed by atoms with Crippen LogP contribution in [0.1, 0.15) is 100 Å². The van der Waals surface area contributed by atoms with Gasteiger partial charge in [0.15, 0.2) is 0 Å². The molecule has 8 unspecified atom stereocenters. The number of fused-ring (bicyclic) bond motifs is 5. The Morgan fingerprint density at radius 1 is 0.964 bits per heavy atom. The summed E-state index contributed by atoms with van der Waals surface area (Å²) in [6.45, 7) is 17.1. The predicted octanol–water partition coefficient (Wildman–Crippen LogP) is 6.01. The van der Waals surface area contributed by atoms with Gasteiger partial charge in [-0.1, -0.05) is 48.5 Å². The van der Waals surface area contributed by atoms with E-state index in [9.17, 15) is 9.59 Å². The van der Waals surface area contributed by atoms with Crippen LogP contribution in [-0.2, 0) is 9.59 Å². The van der Waals surface area contributed by atoms with Crippen molar-refractivity contribution in [2.75, 3.05) is 0 Å². The molecule has 0 aromatic rings. The molecule has 4 aliphatic rings. The molecule has 28 heavy (non-hydrogen) atoms. The molecule has 4 fully saturated rings. The topological polar surface area (TPSA) is 46.2 Å². The predicted molar refractivity (Wildman–Crippen MR) is 117 cm³/mol. The van der Waals surface area contributed by atoms with Crippen LogP contribution in [-0.4, -0.2) is 17.7 Å².